The van der Waals surface area contributed by atoms with Gasteiger partial charge >= 0.3 is 5.97 Å². The molecule has 1 aromatic carbocycles. The van der Waals surface area contributed by atoms with Gasteiger partial charge in [-0.2, -0.15) is 0 Å². The number of carbonyl (C=O) groups is 1. The van der Waals surface area contributed by atoms with E-state index in [2.05, 4.69) is 11.6 Å². The summed E-state index contributed by atoms with van der Waals surface area (Å²) in [5.41, 5.74) is -0.887. The molecule has 1 N–H and O–H groups in total. The van der Waals surface area contributed by atoms with Crippen LogP contribution in [-0.4, -0.2) is 31.2 Å². The highest BCUT2D eigenvalue weighted by molar-refractivity contribution is 5.89. The van der Waals surface area contributed by atoms with Crippen LogP contribution < -0.4 is 0 Å². The molecule has 0 radical (unpaired) electrons. The number of rotatable bonds is 5. The predicted molar refractivity (Wildman–Crippen MR) is 90.2 cm³/mol. The Balaban J connectivity index is 2.38. The number of imidazole rings is 1. The number of aliphatic hydroxyl groups is 1. The van der Waals surface area contributed by atoms with Gasteiger partial charge in [0.05, 0.1) is 10.5 Å². The minimum absolute atomic E-state index is 0.0326. The van der Waals surface area contributed by atoms with Crippen molar-refractivity contribution in [1.82, 2.24) is 9.55 Å². The van der Waals surface area contributed by atoms with E-state index >= 15 is 0 Å². The first-order chi connectivity index (χ1) is 11.6. The van der Waals surface area contributed by atoms with Crippen molar-refractivity contribution in [1.29, 1.82) is 0 Å². The first kappa shape index (κ1) is 18.3. The molecule has 0 fully saturated rings. The minimum Gasteiger partial charge on any atom is -0.457 e. The highest BCUT2D eigenvalue weighted by atomic mass is 16.6. The second-order valence-electron chi connectivity index (χ2n) is 6.33. The second-order valence-corrected chi connectivity index (χ2v) is 6.33. The van der Waals surface area contributed by atoms with E-state index in [1.807, 2.05) is 0 Å². The van der Waals surface area contributed by atoms with Gasteiger partial charge in [-0.1, -0.05) is 18.7 Å². The Morgan fingerprint density at radius 3 is 2.64 bits per heavy atom. The van der Waals surface area contributed by atoms with Crippen LogP contribution in [0, 0.1) is 10.1 Å². The highest BCUT2D eigenvalue weighted by Crippen LogP contribution is 2.28. The molecule has 0 saturated carbocycles. The number of carbonyl (C=O) groups excluding carboxylic acids is 1. The molecule has 0 bridgehead atoms. The second kappa shape index (κ2) is 6.86. The molecule has 1 atom stereocenters. The largest absolute Gasteiger partial charge is 0.457 e. The first-order valence-corrected chi connectivity index (χ1v) is 7.49. The van der Waals surface area contributed by atoms with Crippen molar-refractivity contribution in [3.63, 3.8) is 0 Å². The van der Waals surface area contributed by atoms with E-state index < -0.39 is 22.6 Å². The van der Waals surface area contributed by atoms with Crippen molar-refractivity contribution >= 4 is 11.7 Å². The van der Waals surface area contributed by atoms with Crippen molar-refractivity contribution in [2.24, 2.45) is 0 Å². The van der Waals surface area contributed by atoms with Gasteiger partial charge in [-0.25, -0.2) is 9.78 Å². The topological polar surface area (TPSA) is 107 Å². The van der Waals surface area contributed by atoms with E-state index in [1.165, 1.54) is 35.2 Å². The number of aromatic nitrogens is 2. The third kappa shape index (κ3) is 4.10. The Morgan fingerprint density at radius 1 is 1.40 bits per heavy atom. The molecule has 0 spiro atoms. The van der Waals surface area contributed by atoms with Gasteiger partial charge in [0.2, 0.25) is 0 Å². The zero-order valence-corrected chi connectivity index (χ0v) is 14.2. The number of nitro benzene ring substituents is 1. The van der Waals surface area contributed by atoms with Crippen LogP contribution >= 0.6 is 0 Å². The number of nitro groups is 1. The van der Waals surface area contributed by atoms with Gasteiger partial charge in [-0.05, 0) is 26.8 Å². The van der Waals surface area contributed by atoms with Crippen LogP contribution in [0.2, 0.25) is 0 Å². The highest BCUT2D eigenvalue weighted by Gasteiger charge is 2.28. The van der Waals surface area contributed by atoms with E-state index in [-0.39, 0.29) is 22.8 Å². The van der Waals surface area contributed by atoms with Crippen LogP contribution in [0.15, 0.2) is 48.8 Å². The Labute approximate surface area is 144 Å². The van der Waals surface area contributed by atoms with Gasteiger partial charge in [-0.3, -0.25) is 14.7 Å². The summed E-state index contributed by atoms with van der Waals surface area (Å²) in [5, 5.41) is 21.7. The maximum Gasteiger partial charge on any atom is 0.337 e. The Morgan fingerprint density at radius 2 is 2.04 bits per heavy atom. The van der Waals surface area contributed by atoms with Gasteiger partial charge in [0.25, 0.3) is 5.69 Å². The lowest BCUT2D eigenvalue weighted by Gasteiger charge is -2.22. The summed E-state index contributed by atoms with van der Waals surface area (Å²) in [6, 6.07) is 6.02. The van der Waals surface area contributed by atoms with Crippen molar-refractivity contribution in [3.05, 3.63) is 64.7 Å². The number of hydrogen-bond donors (Lipinski definition) is 1. The molecule has 0 aliphatic rings. The van der Waals surface area contributed by atoms with E-state index in [0.29, 0.717) is 0 Å². The van der Waals surface area contributed by atoms with Crippen LogP contribution in [0.1, 0.15) is 32.7 Å². The van der Waals surface area contributed by atoms with E-state index in [0.717, 1.165) is 0 Å². The Kier molecular flexibility index (Phi) is 5.03. The molecule has 2 aromatic rings. The lowest BCUT2D eigenvalue weighted by Crippen LogP contribution is -2.27. The molecule has 1 aromatic heterocycles. The van der Waals surface area contributed by atoms with Crippen molar-refractivity contribution in [2.45, 2.75) is 32.5 Å². The molecule has 25 heavy (non-hydrogen) atoms. The molecule has 0 aliphatic carbocycles. The van der Waals surface area contributed by atoms with Crippen molar-refractivity contribution in [2.75, 3.05) is 0 Å². The quantitative estimate of drug-likeness (QED) is 0.386. The Hall–Kier alpha value is -3.00. The number of esters is 1. The SMILES string of the molecule is C=C(C(=O)OC(C)(C)C)C(O)c1nccn1-c1ccccc1[N+](=O)[O-]. The fourth-order valence-corrected chi connectivity index (χ4v) is 2.15. The minimum atomic E-state index is -1.47. The fraction of sp³-hybridized carbons (Fsp3) is 0.294. The Bertz CT molecular complexity index is 820. The molecule has 132 valence electrons. The van der Waals surface area contributed by atoms with Crippen molar-refractivity contribution in [3.8, 4) is 5.69 Å². The third-order valence-corrected chi connectivity index (χ3v) is 3.24. The van der Waals surface area contributed by atoms with Crippen LogP contribution in [0.3, 0.4) is 0 Å². The molecule has 8 heteroatoms. The van der Waals surface area contributed by atoms with E-state index in [1.54, 1.807) is 26.8 Å². The van der Waals surface area contributed by atoms with Gasteiger partial charge < -0.3 is 9.84 Å². The number of benzene rings is 1. The summed E-state index contributed by atoms with van der Waals surface area (Å²) in [6.07, 6.45) is 1.37. The fourth-order valence-electron chi connectivity index (χ4n) is 2.15. The molecule has 0 saturated heterocycles. The standard InChI is InChI=1S/C17H19N3O5/c1-11(16(22)25-17(2,3)4)14(21)15-18-9-10-19(15)12-7-5-6-8-13(12)20(23)24/h5-10,14,21H,1H2,2-4H3. The molecular formula is C17H19N3O5. The molecule has 2 rings (SSSR count). The van der Waals surface area contributed by atoms with Gasteiger partial charge in [-0.15, -0.1) is 0 Å². The summed E-state index contributed by atoms with van der Waals surface area (Å²) in [5.74, 6) is -0.734. The number of hydrogen-bond acceptors (Lipinski definition) is 6. The summed E-state index contributed by atoms with van der Waals surface area (Å²) in [7, 11) is 0. The summed E-state index contributed by atoms with van der Waals surface area (Å²) in [4.78, 5) is 26.8. The first-order valence-electron chi connectivity index (χ1n) is 7.49. The van der Waals surface area contributed by atoms with Gasteiger partial charge in [0, 0.05) is 18.5 Å². The van der Waals surface area contributed by atoms with Gasteiger partial charge in [0.15, 0.2) is 0 Å². The summed E-state index contributed by atoms with van der Waals surface area (Å²) in [6.45, 7) is 8.66. The smallest absolute Gasteiger partial charge is 0.337 e. The molecular weight excluding hydrogens is 326 g/mol. The molecule has 1 unspecified atom stereocenters. The zero-order valence-electron chi connectivity index (χ0n) is 14.2. The maximum absolute atomic E-state index is 12.1. The predicted octanol–water partition coefficient (Wildman–Crippen LogP) is 2.71. The third-order valence-electron chi connectivity index (χ3n) is 3.24. The van der Waals surface area contributed by atoms with Crippen LogP contribution in [0.25, 0.3) is 5.69 Å². The van der Waals surface area contributed by atoms with Crippen molar-refractivity contribution < 1.29 is 19.6 Å². The molecule has 0 amide bonds. The van der Waals surface area contributed by atoms with Gasteiger partial charge in [0.1, 0.15) is 23.2 Å². The lowest BCUT2D eigenvalue weighted by molar-refractivity contribution is -0.384. The average Bonchev–Trinajstić information content (AvgIpc) is 3.01. The monoisotopic (exact) mass is 345 g/mol. The number of nitrogens with zero attached hydrogens (tertiary/aromatic N) is 3. The lowest BCUT2D eigenvalue weighted by atomic mass is 10.1. The average molecular weight is 345 g/mol. The number of aliphatic hydroxyl groups excluding tert-OH is 1. The summed E-state index contributed by atoms with van der Waals surface area (Å²) < 4.78 is 6.53. The molecule has 8 nitrogen and oxygen atoms in total. The van der Waals surface area contributed by atoms with Crippen LogP contribution in [0.5, 0.6) is 0 Å². The molecule has 0 aliphatic heterocycles. The normalized spacial score (nSPS) is 12.5. The number of ether oxygens (including phenoxy) is 1. The van der Waals surface area contributed by atoms with Crippen LogP contribution in [0.4, 0.5) is 5.69 Å². The number of para-hydroxylation sites is 2. The van der Waals surface area contributed by atoms with E-state index in [4.69, 9.17) is 4.74 Å². The van der Waals surface area contributed by atoms with E-state index in [9.17, 15) is 20.0 Å². The maximum atomic E-state index is 12.1. The van der Waals surface area contributed by atoms with Crippen LogP contribution in [-0.2, 0) is 9.53 Å². The zero-order chi connectivity index (χ0) is 18.8. The summed E-state index contributed by atoms with van der Waals surface area (Å²) >= 11 is 0. The molecule has 1 heterocycles.